The Morgan fingerprint density at radius 2 is 2.20 bits per heavy atom. The number of hydrogen-bond acceptors (Lipinski definition) is 3. The van der Waals surface area contributed by atoms with Crippen molar-refractivity contribution in [1.29, 1.82) is 0 Å². The lowest BCUT2D eigenvalue weighted by atomic mass is 10.0. The maximum atomic E-state index is 12.4. The number of unbranched alkanes of at least 4 members (excludes halogenated alkanes) is 3. The Kier molecular flexibility index (Phi) is 5.60. The molecule has 1 aliphatic heterocycles. The maximum absolute atomic E-state index is 12.4. The van der Waals surface area contributed by atoms with Gasteiger partial charge in [0.25, 0.3) is 0 Å². The first-order valence-corrected chi connectivity index (χ1v) is 7.86. The molecule has 0 fully saturated rings. The van der Waals surface area contributed by atoms with Gasteiger partial charge in [-0.2, -0.15) is 0 Å². The Balaban J connectivity index is 1.84. The second-order valence-corrected chi connectivity index (χ2v) is 5.65. The summed E-state index contributed by atoms with van der Waals surface area (Å²) in [5, 5.41) is 6.66. The van der Waals surface area contributed by atoms with Crippen LogP contribution >= 0.6 is 0 Å². The molecule has 20 heavy (non-hydrogen) atoms. The molecule has 0 amide bonds. The first kappa shape index (κ1) is 15.0. The summed E-state index contributed by atoms with van der Waals surface area (Å²) >= 11 is 0. The van der Waals surface area contributed by atoms with Crippen molar-refractivity contribution in [3.8, 4) is 0 Å². The van der Waals surface area contributed by atoms with E-state index in [1.54, 1.807) is 0 Å². The van der Waals surface area contributed by atoms with Crippen molar-refractivity contribution in [2.45, 2.75) is 52.0 Å². The molecule has 0 bridgehead atoms. The normalized spacial score (nSPS) is 14.7. The Labute approximate surface area is 122 Å². The zero-order valence-corrected chi connectivity index (χ0v) is 12.7. The molecule has 0 saturated heterocycles. The summed E-state index contributed by atoms with van der Waals surface area (Å²) in [7, 11) is 0. The lowest BCUT2D eigenvalue weighted by Crippen LogP contribution is -2.34. The van der Waals surface area contributed by atoms with E-state index < -0.39 is 0 Å². The average Bonchev–Trinajstić information content (AvgIpc) is 2.93. The number of nitrogens with one attached hydrogen (secondary N) is 2. The van der Waals surface area contributed by atoms with E-state index in [4.69, 9.17) is 0 Å². The van der Waals surface area contributed by atoms with Crippen LogP contribution in [0.3, 0.4) is 0 Å². The number of benzene rings is 1. The van der Waals surface area contributed by atoms with Crippen LogP contribution in [-0.2, 0) is 6.42 Å². The highest BCUT2D eigenvalue weighted by Crippen LogP contribution is 2.23. The van der Waals surface area contributed by atoms with Crippen LogP contribution in [0.5, 0.6) is 0 Å². The molecule has 2 N–H and O–H groups in total. The van der Waals surface area contributed by atoms with Crippen LogP contribution in [0.4, 0.5) is 5.69 Å². The molecule has 0 aliphatic carbocycles. The number of rotatable bonds is 8. The second kappa shape index (κ2) is 7.44. The van der Waals surface area contributed by atoms with Crippen LogP contribution in [0, 0.1) is 0 Å². The van der Waals surface area contributed by atoms with E-state index in [0.29, 0.717) is 0 Å². The molecule has 110 valence electrons. The minimum atomic E-state index is -0.0935. The quantitative estimate of drug-likeness (QED) is 0.564. The zero-order chi connectivity index (χ0) is 14.4. The minimum absolute atomic E-state index is 0.0935. The molecule has 0 spiro atoms. The summed E-state index contributed by atoms with van der Waals surface area (Å²) in [4.78, 5) is 12.4. The van der Waals surface area contributed by atoms with Gasteiger partial charge < -0.3 is 10.6 Å². The number of carbonyl (C=O) groups is 1. The number of carbonyl (C=O) groups excluding carboxylic acids is 1. The van der Waals surface area contributed by atoms with Crippen molar-refractivity contribution in [3.63, 3.8) is 0 Å². The highest BCUT2D eigenvalue weighted by Gasteiger charge is 2.17. The van der Waals surface area contributed by atoms with E-state index in [0.717, 1.165) is 31.5 Å². The Hall–Kier alpha value is -1.35. The van der Waals surface area contributed by atoms with Crippen molar-refractivity contribution in [1.82, 2.24) is 5.32 Å². The number of Topliss-reactive ketones (excluding diaryl/α,β-unsaturated/α-hetero) is 1. The summed E-state index contributed by atoms with van der Waals surface area (Å²) in [6.45, 7) is 6.09. The molecule has 2 rings (SSSR count). The van der Waals surface area contributed by atoms with E-state index in [2.05, 4.69) is 17.6 Å². The van der Waals surface area contributed by atoms with Gasteiger partial charge in [0.05, 0.1) is 6.04 Å². The third-order valence-corrected chi connectivity index (χ3v) is 3.97. The molecule has 1 aromatic carbocycles. The molecular formula is C17H26N2O. The molecule has 1 aromatic rings. The SMILES string of the molecule is CCCCCCNC(C)C(=O)c1ccc2c(c1)CCN2. The minimum Gasteiger partial charge on any atom is -0.384 e. The molecule has 0 radical (unpaired) electrons. The Bertz CT molecular complexity index is 456. The predicted octanol–water partition coefficient (Wildman–Crippen LogP) is 3.40. The molecule has 1 heterocycles. The molecule has 0 saturated carbocycles. The molecule has 0 aromatic heterocycles. The van der Waals surface area contributed by atoms with E-state index in [-0.39, 0.29) is 11.8 Å². The van der Waals surface area contributed by atoms with E-state index >= 15 is 0 Å². The summed E-state index contributed by atoms with van der Waals surface area (Å²) in [5.41, 5.74) is 3.29. The smallest absolute Gasteiger partial charge is 0.179 e. The molecule has 1 atom stereocenters. The molecule has 1 aliphatic rings. The van der Waals surface area contributed by atoms with Crippen LogP contribution in [0.25, 0.3) is 0 Å². The average molecular weight is 274 g/mol. The van der Waals surface area contributed by atoms with Crippen molar-refractivity contribution in [2.75, 3.05) is 18.4 Å². The Morgan fingerprint density at radius 3 is 3.00 bits per heavy atom. The summed E-state index contributed by atoms with van der Waals surface area (Å²) < 4.78 is 0. The molecule has 1 unspecified atom stereocenters. The fraction of sp³-hybridized carbons (Fsp3) is 0.588. The third-order valence-electron chi connectivity index (χ3n) is 3.97. The van der Waals surface area contributed by atoms with Crippen molar-refractivity contribution < 1.29 is 4.79 Å². The van der Waals surface area contributed by atoms with Crippen molar-refractivity contribution in [3.05, 3.63) is 29.3 Å². The second-order valence-electron chi connectivity index (χ2n) is 5.65. The van der Waals surface area contributed by atoms with Gasteiger partial charge in [-0.3, -0.25) is 4.79 Å². The van der Waals surface area contributed by atoms with Crippen LogP contribution in [-0.4, -0.2) is 24.9 Å². The summed E-state index contributed by atoms with van der Waals surface area (Å²) in [6, 6.07) is 5.93. The van der Waals surface area contributed by atoms with Crippen molar-refractivity contribution >= 4 is 11.5 Å². The van der Waals surface area contributed by atoms with Gasteiger partial charge >= 0.3 is 0 Å². The third kappa shape index (κ3) is 3.83. The lowest BCUT2D eigenvalue weighted by molar-refractivity contribution is 0.0951. The van der Waals surface area contributed by atoms with Gasteiger partial charge in [-0.25, -0.2) is 0 Å². The number of fused-ring (bicyclic) bond motifs is 1. The van der Waals surface area contributed by atoms with Crippen LogP contribution in [0.1, 0.15) is 55.5 Å². The van der Waals surface area contributed by atoms with Gasteiger partial charge in [-0.15, -0.1) is 0 Å². The van der Waals surface area contributed by atoms with Gasteiger partial charge in [-0.05, 0) is 50.1 Å². The summed E-state index contributed by atoms with van der Waals surface area (Å²) in [6.07, 6.45) is 5.95. The molecule has 3 nitrogen and oxygen atoms in total. The summed E-state index contributed by atoms with van der Waals surface area (Å²) in [5.74, 6) is 0.204. The standard InChI is InChI=1S/C17H26N2O/c1-3-4-5-6-10-18-13(2)17(20)15-7-8-16-14(12-15)9-11-19-16/h7-8,12-13,18-19H,3-6,9-11H2,1-2H3. The van der Waals surface area contributed by atoms with Gasteiger partial charge in [0, 0.05) is 17.8 Å². The van der Waals surface area contributed by atoms with Crippen LogP contribution in [0.15, 0.2) is 18.2 Å². The van der Waals surface area contributed by atoms with Crippen LogP contribution < -0.4 is 10.6 Å². The fourth-order valence-electron chi connectivity index (χ4n) is 2.67. The van der Waals surface area contributed by atoms with Gasteiger partial charge in [0.1, 0.15) is 0 Å². The number of ketones is 1. The van der Waals surface area contributed by atoms with E-state index in [1.165, 1.54) is 30.5 Å². The molecular weight excluding hydrogens is 248 g/mol. The number of anilines is 1. The number of hydrogen-bond donors (Lipinski definition) is 2. The first-order chi connectivity index (χ1) is 9.72. The van der Waals surface area contributed by atoms with Gasteiger partial charge in [-0.1, -0.05) is 26.2 Å². The van der Waals surface area contributed by atoms with E-state index in [9.17, 15) is 4.79 Å². The topological polar surface area (TPSA) is 41.1 Å². The molecule has 3 heteroatoms. The monoisotopic (exact) mass is 274 g/mol. The largest absolute Gasteiger partial charge is 0.384 e. The van der Waals surface area contributed by atoms with Crippen molar-refractivity contribution in [2.24, 2.45) is 0 Å². The van der Waals surface area contributed by atoms with Gasteiger partial charge in [0.15, 0.2) is 5.78 Å². The Morgan fingerprint density at radius 1 is 1.35 bits per heavy atom. The zero-order valence-electron chi connectivity index (χ0n) is 12.7. The first-order valence-electron chi connectivity index (χ1n) is 7.86. The highest BCUT2D eigenvalue weighted by atomic mass is 16.1. The maximum Gasteiger partial charge on any atom is 0.179 e. The van der Waals surface area contributed by atoms with Crippen LogP contribution in [0.2, 0.25) is 0 Å². The predicted molar refractivity (Wildman–Crippen MR) is 84.6 cm³/mol. The highest BCUT2D eigenvalue weighted by molar-refractivity contribution is 6.00. The van der Waals surface area contributed by atoms with Gasteiger partial charge in [0.2, 0.25) is 0 Å². The fourth-order valence-corrected chi connectivity index (χ4v) is 2.67. The van der Waals surface area contributed by atoms with E-state index in [1.807, 2.05) is 25.1 Å². The lowest BCUT2D eigenvalue weighted by Gasteiger charge is -2.13.